The number of rotatable bonds is 1. The van der Waals surface area contributed by atoms with Crippen LogP contribution in [0.4, 0.5) is 11.5 Å². The lowest BCUT2D eigenvalue weighted by Gasteiger charge is -2.37. The zero-order valence-corrected chi connectivity index (χ0v) is 9.27. The Morgan fingerprint density at radius 1 is 1.33 bits per heavy atom. The molecule has 4 heteroatoms. The van der Waals surface area contributed by atoms with Gasteiger partial charge in [-0.1, -0.05) is 0 Å². The molecule has 2 atom stereocenters. The van der Waals surface area contributed by atoms with Crippen LogP contribution in [-0.4, -0.2) is 30.2 Å². The van der Waals surface area contributed by atoms with Crippen LogP contribution in [0.5, 0.6) is 0 Å². The Bertz CT molecular complexity index is 312. The first-order valence-electron chi connectivity index (χ1n) is 5.37. The van der Waals surface area contributed by atoms with Crippen molar-refractivity contribution in [2.75, 3.05) is 23.7 Å². The number of anilines is 2. The van der Waals surface area contributed by atoms with Crippen LogP contribution in [0.1, 0.15) is 13.8 Å². The maximum atomic E-state index is 5.57. The maximum Gasteiger partial charge on any atom is 0.123 e. The van der Waals surface area contributed by atoms with E-state index in [1.54, 1.807) is 0 Å². The normalized spacial score (nSPS) is 26.7. The van der Waals surface area contributed by atoms with Crippen LogP contribution in [-0.2, 0) is 0 Å². The van der Waals surface area contributed by atoms with Crippen molar-refractivity contribution in [3.05, 3.63) is 18.3 Å². The Morgan fingerprint density at radius 2 is 2.00 bits per heavy atom. The van der Waals surface area contributed by atoms with Gasteiger partial charge in [0, 0.05) is 25.2 Å². The molecule has 1 aliphatic rings. The Labute approximate surface area is 90.5 Å². The number of nitrogens with two attached hydrogens (primary N) is 1. The van der Waals surface area contributed by atoms with Gasteiger partial charge in [-0.25, -0.2) is 4.98 Å². The van der Waals surface area contributed by atoms with Gasteiger partial charge in [-0.05, 0) is 26.0 Å². The molecule has 0 saturated carbocycles. The first-order chi connectivity index (χ1) is 7.15. The van der Waals surface area contributed by atoms with Crippen molar-refractivity contribution in [1.82, 2.24) is 10.3 Å². The van der Waals surface area contributed by atoms with Gasteiger partial charge in [0.15, 0.2) is 0 Å². The lowest BCUT2D eigenvalue weighted by Crippen LogP contribution is -2.54. The summed E-state index contributed by atoms with van der Waals surface area (Å²) in [7, 11) is 0. The van der Waals surface area contributed by atoms with Crippen molar-refractivity contribution >= 4 is 11.5 Å². The summed E-state index contributed by atoms with van der Waals surface area (Å²) in [5, 5.41) is 3.50. The molecule has 1 fully saturated rings. The summed E-state index contributed by atoms with van der Waals surface area (Å²) in [4.78, 5) is 6.47. The average molecular weight is 206 g/mol. The van der Waals surface area contributed by atoms with E-state index >= 15 is 0 Å². The van der Waals surface area contributed by atoms with E-state index in [1.165, 1.54) is 0 Å². The Hall–Kier alpha value is -1.29. The molecule has 1 aromatic heterocycles. The van der Waals surface area contributed by atoms with E-state index in [2.05, 4.69) is 29.0 Å². The minimum atomic E-state index is 0.520. The van der Waals surface area contributed by atoms with Gasteiger partial charge in [0.25, 0.3) is 0 Å². The molecule has 0 radical (unpaired) electrons. The monoisotopic (exact) mass is 206 g/mol. The number of hydrogen-bond donors (Lipinski definition) is 2. The summed E-state index contributed by atoms with van der Waals surface area (Å²) in [6, 6.07) is 4.93. The molecule has 4 nitrogen and oxygen atoms in total. The molecule has 0 amide bonds. The molecule has 2 heterocycles. The summed E-state index contributed by atoms with van der Waals surface area (Å²) >= 11 is 0. The van der Waals surface area contributed by atoms with Gasteiger partial charge in [0.1, 0.15) is 5.82 Å². The molecule has 1 aromatic rings. The summed E-state index contributed by atoms with van der Waals surface area (Å²) in [5.74, 6) is 0.579. The lowest BCUT2D eigenvalue weighted by atomic mass is 10.1. The van der Waals surface area contributed by atoms with Gasteiger partial charge in [-0.2, -0.15) is 0 Å². The smallest absolute Gasteiger partial charge is 0.123 e. The van der Waals surface area contributed by atoms with Gasteiger partial charge in [-0.3, -0.25) is 0 Å². The number of nitrogens with one attached hydrogen (secondary N) is 1. The van der Waals surface area contributed by atoms with E-state index in [-0.39, 0.29) is 0 Å². The first-order valence-corrected chi connectivity index (χ1v) is 5.37. The van der Waals surface area contributed by atoms with Crippen LogP contribution in [0.15, 0.2) is 18.3 Å². The third-order valence-corrected chi connectivity index (χ3v) is 2.69. The number of aromatic nitrogens is 1. The summed E-state index contributed by atoms with van der Waals surface area (Å²) in [6.07, 6.45) is 1.85. The van der Waals surface area contributed by atoms with E-state index in [4.69, 9.17) is 5.73 Å². The van der Waals surface area contributed by atoms with Crippen LogP contribution in [0.25, 0.3) is 0 Å². The number of hydrogen-bond acceptors (Lipinski definition) is 4. The van der Waals surface area contributed by atoms with Crippen molar-refractivity contribution in [1.29, 1.82) is 0 Å². The van der Waals surface area contributed by atoms with Crippen LogP contribution < -0.4 is 16.0 Å². The predicted molar refractivity (Wildman–Crippen MR) is 62.9 cm³/mol. The molecule has 0 bridgehead atoms. The number of piperazine rings is 1. The SMILES string of the molecule is C[C@@H]1CN(c2ccc(N)nc2)C[C@H](C)N1. The standard InChI is InChI=1S/C11H18N4/c1-8-6-15(7-9(2)14-8)10-3-4-11(12)13-5-10/h3-5,8-9,14H,6-7H2,1-2H3,(H2,12,13)/t8-,9+. The van der Waals surface area contributed by atoms with Crippen LogP contribution in [0.3, 0.4) is 0 Å². The molecule has 0 aromatic carbocycles. The van der Waals surface area contributed by atoms with Crippen LogP contribution >= 0.6 is 0 Å². The molecule has 1 saturated heterocycles. The second kappa shape index (κ2) is 4.06. The van der Waals surface area contributed by atoms with Gasteiger partial charge < -0.3 is 16.0 Å². The topological polar surface area (TPSA) is 54.2 Å². The highest BCUT2D eigenvalue weighted by molar-refractivity contribution is 5.48. The second-order valence-electron chi connectivity index (χ2n) is 4.32. The maximum absolute atomic E-state index is 5.57. The van der Waals surface area contributed by atoms with Crippen molar-refractivity contribution in [2.24, 2.45) is 0 Å². The first kappa shape index (κ1) is 10.2. The average Bonchev–Trinajstić information content (AvgIpc) is 2.17. The molecule has 3 N–H and O–H groups in total. The predicted octanol–water partition coefficient (Wildman–Crippen LogP) is 0.850. The highest BCUT2D eigenvalue weighted by Crippen LogP contribution is 2.17. The van der Waals surface area contributed by atoms with E-state index in [0.717, 1.165) is 18.8 Å². The number of nitrogen functional groups attached to an aromatic ring is 1. The molecule has 0 aliphatic carbocycles. The molecule has 0 spiro atoms. The highest BCUT2D eigenvalue weighted by Gasteiger charge is 2.20. The van der Waals surface area contributed by atoms with E-state index < -0.39 is 0 Å². The quantitative estimate of drug-likeness (QED) is 0.715. The van der Waals surface area contributed by atoms with Gasteiger partial charge in [0.05, 0.1) is 11.9 Å². The number of nitrogens with zero attached hydrogens (tertiary/aromatic N) is 2. The Kier molecular flexibility index (Phi) is 2.77. The number of pyridine rings is 1. The van der Waals surface area contributed by atoms with Gasteiger partial charge in [-0.15, -0.1) is 0 Å². The highest BCUT2D eigenvalue weighted by atomic mass is 15.2. The lowest BCUT2D eigenvalue weighted by molar-refractivity contribution is 0.407. The van der Waals surface area contributed by atoms with E-state index in [9.17, 15) is 0 Å². The van der Waals surface area contributed by atoms with Gasteiger partial charge in [0.2, 0.25) is 0 Å². The second-order valence-corrected chi connectivity index (χ2v) is 4.32. The largest absolute Gasteiger partial charge is 0.384 e. The van der Waals surface area contributed by atoms with E-state index in [1.807, 2.05) is 18.3 Å². The fourth-order valence-corrected chi connectivity index (χ4v) is 2.12. The zero-order chi connectivity index (χ0) is 10.8. The van der Waals surface area contributed by atoms with Crippen LogP contribution in [0.2, 0.25) is 0 Å². The molecule has 15 heavy (non-hydrogen) atoms. The molecular formula is C11H18N4. The Morgan fingerprint density at radius 3 is 2.53 bits per heavy atom. The minimum absolute atomic E-state index is 0.520. The molecular weight excluding hydrogens is 188 g/mol. The van der Waals surface area contributed by atoms with Crippen molar-refractivity contribution in [3.8, 4) is 0 Å². The fourth-order valence-electron chi connectivity index (χ4n) is 2.12. The summed E-state index contributed by atoms with van der Waals surface area (Å²) in [6.45, 7) is 6.45. The molecule has 2 rings (SSSR count). The van der Waals surface area contributed by atoms with Crippen molar-refractivity contribution < 1.29 is 0 Å². The third kappa shape index (κ3) is 2.39. The van der Waals surface area contributed by atoms with Crippen molar-refractivity contribution in [3.63, 3.8) is 0 Å². The summed E-state index contributed by atoms with van der Waals surface area (Å²) in [5.41, 5.74) is 6.73. The zero-order valence-electron chi connectivity index (χ0n) is 9.27. The van der Waals surface area contributed by atoms with Crippen molar-refractivity contribution in [2.45, 2.75) is 25.9 Å². The minimum Gasteiger partial charge on any atom is -0.384 e. The Balaban J connectivity index is 2.12. The third-order valence-electron chi connectivity index (χ3n) is 2.69. The summed E-state index contributed by atoms with van der Waals surface area (Å²) < 4.78 is 0. The fraction of sp³-hybridized carbons (Fsp3) is 0.545. The van der Waals surface area contributed by atoms with E-state index in [0.29, 0.717) is 17.9 Å². The molecule has 1 aliphatic heterocycles. The van der Waals surface area contributed by atoms with Gasteiger partial charge >= 0.3 is 0 Å². The molecule has 0 unspecified atom stereocenters. The molecule has 82 valence electrons. The van der Waals surface area contributed by atoms with Crippen LogP contribution in [0, 0.1) is 0 Å².